The highest BCUT2D eigenvalue weighted by molar-refractivity contribution is 6.01. The standard InChI is InChI=1S/C18H15F3N4O/c19-13-8-14(10-22-9-13)25-7-6-15(24-25)23-16(26)17(11-18(17,20)21)12-4-2-1-3-5-12/h2,4-10H,1,3,11H2,(H,23,24,26)/t17-/m1/s1. The molecular formula is C18H15F3N4O. The molecule has 1 atom stereocenters. The number of anilines is 1. The van der Waals surface area contributed by atoms with Crippen LogP contribution in [-0.4, -0.2) is 26.6 Å². The van der Waals surface area contributed by atoms with Gasteiger partial charge in [-0.2, -0.15) is 5.10 Å². The van der Waals surface area contributed by atoms with Crippen LogP contribution in [0.2, 0.25) is 0 Å². The lowest BCUT2D eigenvalue weighted by Crippen LogP contribution is -2.31. The Morgan fingerprint density at radius 2 is 2.08 bits per heavy atom. The van der Waals surface area contributed by atoms with Crippen LogP contribution in [0.3, 0.4) is 0 Å². The molecule has 0 unspecified atom stereocenters. The van der Waals surface area contributed by atoms with Crippen molar-refractivity contribution in [2.45, 2.75) is 25.2 Å². The van der Waals surface area contributed by atoms with Crippen molar-refractivity contribution in [1.82, 2.24) is 14.8 Å². The van der Waals surface area contributed by atoms with Gasteiger partial charge in [0.2, 0.25) is 5.91 Å². The molecule has 134 valence electrons. The molecule has 1 N–H and O–H groups in total. The monoisotopic (exact) mass is 360 g/mol. The molecular weight excluding hydrogens is 345 g/mol. The molecule has 0 saturated heterocycles. The Labute approximate surface area is 147 Å². The quantitative estimate of drug-likeness (QED) is 0.905. The molecule has 2 aliphatic carbocycles. The van der Waals surface area contributed by atoms with Crippen molar-refractivity contribution in [1.29, 1.82) is 0 Å². The second-order valence-corrected chi connectivity index (χ2v) is 6.39. The maximum Gasteiger partial charge on any atom is 0.268 e. The largest absolute Gasteiger partial charge is 0.308 e. The number of halogens is 3. The minimum absolute atomic E-state index is 0.113. The van der Waals surface area contributed by atoms with Gasteiger partial charge in [-0.3, -0.25) is 9.78 Å². The molecule has 0 radical (unpaired) electrons. The highest BCUT2D eigenvalue weighted by Crippen LogP contribution is 2.65. The summed E-state index contributed by atoms with van der Waals surface area (Å²) in [5.74, 6) is -4.29. The second kappa shape index (κ2) is 5.82. The van der Waals surface area contributed by atoms with Gasteiger partial charge in [0.05, 0.1) is 18.1 Å². The van der Waals surface area contributed by atoms with Gasteiger partial charge < -0.3 is 5.32 Å². The fraction of sp³-hybridized carbons (Fsp3) is 0.278. The minimum Gasteiger partial charge on any atom is -0.308 e. The van der Waals surface area contributed by atoms with E-state index < -0.39 is 29.5 Å². The van der Waals surface area contributed by atoms with Gasteiger partial charge in [-0.15, -0.1) is 0 Å². The minimum atomic E-state index is -3.08. The molecule has 1 saturated carbocycles. The number of aromatic nitrogens is 3. The number of pyridine rings is 1. The fourth-order valence-electron chi connectivity index (χ4n) is 3.19. The summed E-state index contributed by atoms with van der Waals surface area (Å²) in [7, 11) is 0. The first-order chi connectivity index (χ1) is 12.4. The average Bonchev–Trinajstić information content (AvgIpc) is 2.98. The first-order valence-corrected chi connectivity index (χ1v) is 8.15. The van der Waals surface area contributed by atoms with E-state index in [-0.39, 0.29) is 5.82 Å². The predicted molar refractivity (Wildman–Crippen MR) is 88.4 cm³/mol. The lowest BCUT2D eigenvalue weighted by Gasteiger charge is -2.19. The summed E-state index contributed by atoms with van der Waals surface area (Å²) in [6.07, 6.45) is 9.93. The summed E-state index contributed by atoms with van der Waals surface area (Å²) in [5.41, 5.74) is -1.14. The molecule has 0 aliphatic heterocycles. The summed E-state index contributed by atoms with van der Waals surface area (Å²) in [6, 6.07) is 2.68. The van der Waals surface area contributed by atoms with Crippen molar-refractivity contribution in [3.63, 3.8) is 0 Å². The van der Waals surface area contributed by atoms with Crippen LogP contribution in [0, 0.1) is 11.2 Å². The van der Waals surface area contributed by atoms with Crippen molar-refractivity contribution in [2.24, 2.45) is 5.41 Å². The Balaban J connectivity index is 1.57. The number of allylic oxidation sites excluding steroid dienone is 3. The Bertz CT molecular complexity index is 934. The molecule has 0 spiro atoms. The number of carbonyl (C=O) groups excluding carboxylic acids is 1. The van der Waals surface area contributed by atoms with Crippen LogP contribution in [0.25, 0.3) is 5.69 Å². The highest BCUT2D eigenvalue weighted by Gasteiger charge is 2.77. The van der Waals surface area contributed by atoms with Crippen molar-refractivity contribution in [3.05, 3.63) is 60.3 Å². The molecule has 2 aliphatic rings. The SMILES string of the molecule is O=C(Nc1ccn(-c2cncc(F)c2)n1)[C@]1(C2=CCCC=C2)CC1(F)F. The van der Waals surface area contributed by atoms with Gasteiger partial charge in [-0.25, -0.2) is 17.9 Å². The number of amides is 1. The van der Waals surface area contributed by atoms with Gasteiger partial charge in [0, 0.05) is 24.8 Å². The number of hydrogen-bond acceptors (Lipinski definition) is 3. The average molecular weight is 360 g/mol. The zero-order valence-electron chi connectivity index (χ0n) is 13.6. The topological polar surface area (TPSA) is 59.8 Å². The van der Waals surface area contributed by atoms with Crippen LogP contribution in [-0.2, 0) is 4.79 Å². The Morgan fingerprint density at radius 1 is 1.27 bits per heavy atom. The smallest absolute Gasteiger partial charge is 0.268 e. The lowest BCUT2D eigenvalue weighted by molar-refractivity contribution is -0.122. The third-order valence-corrected chi connectivity index (χ3v) is 4.65. The number of carbonyl (C=O) groups is 1. The maximum atomic E-state index is 14.1. The highest BCUT2D eigenvalue weighted by atomic mass is 19.3. The van der Waals surface area contributed by atoms with E-state index in [1.165, 1.54) is 29.2 Å². The van der Waals surface area contributed by atoms with Crippen LogP contribution in [0.4, 0.5) is 19.0 Å². The van der Waals surface area contributed by atoms with Crippen LogP contribution in [0.15, 0.2) is 54.5 Å². The van der Waals surface area contributed by atoms with E-state index in [4.69, 9.17) is 0 Å². The third-order valence-electron chi connectivity index (χ3n) is 4.65. The van der Waals surface area contributed by atoms with Crippen LogP contribution in [0.5, 0.6) is 0 Å². The number of nitrogens with zero attached hydrogens (tertiary/aromatic N) is 3. The van der Waals surface area contributed by atoms with Crippen LogP contribution in [0.1, 0.15) is 19.3 Å². The summed E-state index contributed by atoms with van der Waals surface area (Å²) in [6.45, 7) is 0. The summed E-state index contributed by atoms with van der Waals surface area (Å²) in [4.78, 5) is 16.3. The van der Waals surface area contributed by atoms with E-state index >= 15 is 0 Å². The Morgan fingerprint density at radius 3 is 2.73 bits per heavy atom. The summed E-state index contributed by atoms with van der Waals surface area (Å²) < 4.78 is 42.8. The molecule has 0 bridgehead atoms. The zero-order chi connectivity index (χ0) is 18.4. The fourth-order valence-corrected chi connectivity index (χ4v) is 3.19. The van der Waals surface area contributed by atoms with Gasteiger partial charge in [0.1, 0.15) is 11.2 Å². The van der Waals surface area contributed by atoms with Crippen molar-refractivity contribution < 1.29 is 18.0 Å². The first-order valence-electron chi connectivity index (χ1n) is 8.15. The predicted octanol–water partition coefficient (Wildman–Crippen LogP) is 3.65. The molecule has 0 aromatic carbocycles. The summed E-state index contributed by atoms with van der Waals surface area (Å²) >= 11 is 0. The van der Waals surface area contributed by atoms with Crippen LogP contribution >= 0.6 is 0 Å². The number of rotatable bonds is 4. The second-order valence-electron chi connectivity index (χ2n) is 6.39. The van der Waals surface area contributed by atoms with Gasteiger partial charge in [0.25, 0.3) is 5.92 Å². The lowest BCUT2D eigenvalue weighted by atomic mass is 9.89. The molecule has 2 heterocycles. The third kappa shape index (κ3) is 2.61. The van der Waals surface area contributed by atoms with Crippen molar-refractivity contribution in [3.8, 4) is 5.69 Å². The number of nitrogens with one attached hydrogen (secondary N) is 1. The van der Waals surface area contributed by atoms with E-state index in [2.05, 4.69) is 15.4 Å². The molecule has 2 aromatic rings. The van der Waals surface area contributed by atoms with E-state index in [1.807, 2.05) is 0 Å². The first kappa shape index (κ1) is 16.6. The normalized spacial score (nSPS) is 23.4. The molecule has 5 nitrogen and oxygen atoms in total. The summed E-state index contributed by atoms with van der Waals surface area (Å²) in [5, 5.41) is 6.55. The molecule has 2 aromatic heterocycles. The van der Waals surface area contributed by atoms with E-state index in [0.29, 0.717) is 17.7 Å². The van der Waals surface area contributed by atoms with Crippen molar-refractivity contribution >= 4 is 11.7 Å². The number of hydrogen-bond donors (Lipinski definition) is 1. The Hall–Kier alpha value is -2.90. The maximum absolute atomic E-state index is 14.1. The molecule has 1 amide bonds. The van der Waals surface area contributed by atoms with Gasteiger partial charge in [-0.05, 0) is 18.4 Å². The zero-order valence-corrected chi connectivity index (χ0v) is 13.6. The van der Waals surface area contributed by atoms with Crippen molar-refractivity contribution in [2.75, 3.05) is 5.32 Å². The van der Waals surface area contributed by atoms with E-state index in [0.717, 1.165) is 12.6 Å². The van der Waals surface area contributed by atoms with E-state index in [1.54, 1.807) is 18.2 Å². The van der Waals surface area contributed by atoms with Gasteiger partial charge in [-0.1, -0.05) is 18.2 Å². The molecule has 1 fully saturated rings. The molecule has 4 rings (SSSR count). The molecule has 8 heteroatoms. The van der Waals surface area contributed by atoms with E-state index in [9.17, 15) is 18.0 Å². The van der Waals surface area contributed by atoms with Gasteiger partial charge in [0.15, 0.2) is 5.82 Å². The molecule has 26 heavy (non-hydrogen) atoms. The Kier molecular flexibility index (Phi) is 3.71. The van der Waals surface area contributed by atoms with Crippen LogP contribution < -0.4 is 5.32 Å². The number of alkyl halides is 2. The van der Waals surface area contributed by atoms with Gasteiger partial charge >= 0.3 is 0 Å².